The van der Waals surface area contributed by atoms with E-state index in [1.165, 1.54) is 0 Å². The highest BCUT2D eigenvalue weighted by molar-refractivity contribution is 5.75. The van der Waals surface area contributed by atoms with Crippen molar-refractivity contribution >= 4 is 11.6 Å². The Balaban J connectivity index is 1.86. The number of amides is 1. The van der Waals surface area contributed by atoms with Crippen LogP contribution < -0.4 is 10.2 Å². The Bertz CT molecular complexity index is 662. The summed E-state index contributed by atoms with van der Waals surface area (Å²) in [7, 11) is 3.85. The Labute approximate surface area is 131 Å². The summed E-state index contributed by atoms with van der Waals surface area (Å²) in [6.45, 7) is 0.0474. The standard InChI is InChI=1S/C15H17F3N4O/c1-21(2)12-5-3-11(4-6-12)9-19-14(23)10-22-8-7-13(20-22)15(16,17)18/h3-8H,9-10H2,1-2H3,(H,19,23). The predicted molar refractivity (Wildman–Crippen MR) is 79.8 cm³/mol. The summed E-state index contributed by atoms with van der Waals surface area (Å²) >= 11 is 0. The summed E-state index contributed by atoms with van der Waals surface area (Å²) in [6, 6.07) is 8.44. The first-order valence-electron chi connectivity index (χ1n) is 6.89. The van der Waals surface area contributed by atoms with Crippen LogP contribution in [0.3, 0.4) is 0 Å². The van der Waals surface area contributed by atoms with Crippen molar-refractivity contribution in [2.24, 2.45) is 0 Å². The maximum absolute atomic E-state index is 12.4. The van der Waals surface area contributed by atoms with E-state index in [4.69, 9.17) is 0 Å². The van der Waals surface area contributed by atoms with Crippen LogP contribution in [-0.2, 0) is 24.1 Å². The van der Waals surface area contributed by atoms with Gasteiger partial charge in [0.05, 0.1) is 0 Å². The summed E-state index contributed by atoms with van der Waals surface area (Å²) in [4.78, 5) is 13.7. The molecular weight excluding hydrogens is 309 g/mol. The van der Waals surface area contributed by atoms with Gasteiger partial charge in [-0.05, 0) is 23.8 Å². The van der Waals surface area contributed by atoms with Crippen LogP contribution in [-0.4, -0.2) is 29.8 Å². The molecule has 0 saturated carbocycles. The number of carbonyl (C=O) groups excluding carboxylic acids is 1. The highest BCUT2D eigenvalue weighted by Crippen LogP contribution is 2.27. The molecule has 5 nitrogen and oxygen atoms in total. The number of alkyl halides is 3. The number of halogens is 3. The highest BCUT2D eigenvalue weighted by Gasteiger charge is 2.33. The lowest BCUT2D eigenvalue weighted by Crippen LogP contribution is -2.27. The molecule has 0 unspecified atom stereocenters. The normalized spacial score (nSPS) is 11.3. The second kappa shape index (κ2) is 6.72. The summed E-state index contributed by atoms with van der Waals surface area (Å²) in [5.41, 5.74) is 0.932. The van der Waals surface area contributed by atoms with Crippen molar-refractivity contribution in [1.82, 2.24) is 15.1 Å². The molecule has 0 atom stereocenters. The van der Waals surface area contributed by atoms with Gasteiger partial charge in [-0.25, -0.2) is 0 Å². The van der Waals surface area contributed by atoms with E-state index >= 15 is 0 Å². The molecule has 23 heavy (non-hydrogen) atoms. The molecule has 0 aliphatic rings. The number of carbonyl (C=O) groups is 1. The highest BCUT2D eigenvalue weighted by atomic mass is 19.4. The molecular formula is C15H17F3N4O. The molecule has 0 saturated heterocycles. The van der Waals surface area contributed by atoms with E-state index in [-0.39, 0.29) is 6.54 Å². The zero-order valence-electron chi connectivity index (χ0n) is 12.8. The topological polar surface area (TPSA) is 50.2 Å². The fourth-order valence-electron chi connectivity index (χ4n) is 1.92. The van der Waals surface area contributed by atoms with E-state index < -0.39 is 17.8 Å². The monoisotopic (exact) mass is 326 g/mol. The van der Waals surface area contributed by atoms with Crippen LogP contribution in [0, 0.1) is 0 Å². The smallest absolute Gasteiger partial charge is 0.378 e. The van der Waals surface area contributed by atoms with E-state index in [0.29, 0.717) is 6.54 Å². The van der Waals surface area contributed by atoms with Crippen molar-refractivity contribution < 1.29 is 18.0 Å². The summed E-state index contributed by atoms with van der Waals surface area (Å²) in [5, 5.41) is 5.98. The number of aromatic nitrogens is 2. The van der Waals surface area contributed by atoms with Gasteiger partial charge in [0.15, 0.2) is 5.69 Å². The number of hydrogen-bond donors (Lipinski definition) is 1. The number of hydrogen-bond acceptors (Lipinski definition) is 3. The molecule has 0 radical (unpaired) electrons. The summed E-state index contributed by atoms with van der Waals surface area (Å²) in [6.07, 6.45) is -3.37. The Morgan fingerprint density at radius 1 is 1.22 bits per heavy atom. The van der Waals surface area contributed by atoms with Crippen LogP contribution in [0.25, 0.3) is 0 Å². The van der Waals surface area contributed by atoms with Gasteiger partial charge in [0.1, 0.15) is 6.54 Å². The van der Waals surface area contributed by atoms with E-state index in [1.807, 2.05) is 43.3 Å². The fraction of sp³-hybridized carbons (Fsp3) is 0.333. The van der Waals surface area contributed by atoms with Crippen LogP contribution in [0.1, 0.15) is 11.3 Å². The molecule has 0 fully saturated rings. The van der Waals surface area contributed by atoms with Crippen LogP contribution in [0.5, 0.6) is 0 Å². The molecule has 124 valence electrons. The lowest BCUT2D eigenvalue weighted by molar-refractivity contribution is -0.141. The van der Waals surface area contributed by atoms with E-state index in [9.17, 15) is 18.0 Å². The summed E-state index contributed by atoms with van der Waals surface area (Å²) < 4.78 is 38.2. The molecule has 1 amide bonds. The van der Waals surface area contributed by atoms with Gasteiger partial charge in [0.2, 0.25) is 5.91 Å². The lowest BCUT2D eigenvalue weighted by atomic mass is 10.2. The molecule has 1 N–H and O–H groups in total. The van der Waals surface area contributed by atoms with Gasteiger partial charge < -0.3 is 10.2 Å². The van der Waals surface area contributed by atoms with Crippen molar-refractivity contribution in [3.05, 3.63) is 47.8 Å². The molecule has 2 rings (SSSR count). The van der Waals surface area contributed by atoms with Crippen LogP contribution in [0.2, 0.25) is 0 Å². The van der Waals surface area contributed by atoms with Gasteiger partial charge in [-0.1, -0.05) is 12.1 Å². The quantitative estimate of drug-likeness (QED) is 0.917. The number of benzene rings is 1. The minimum atomic E-state index is -4.50. The van der Waals surface area contributed by atoms with E-state index in [2.05, 4.69) is 10.4 Å². The lowest BCUT2D eigenvalue weighted by Gasteiger charge is -2.13. The number of rotatable bonds is 5. The van der Waals surface area contributed by atoms with Crippen molar-refractivity contribution in [2.75, 3.05) is 19.0 Å². The van der Waals surface area contributed by atoms with Gasteiger partial charge >= 0.3 is 6.18 Å². The van der Waals surface area contributed by atoms with Gasteiger partial charge in [0, 0.05) is 32.5 Å². The van der Waals surface area contributed by atoms with E-state index in [1.54, 1.807) is 0 Å². The number of nitrogens with zero attached hydrogens (tertiary/aromatic N) is 3. The molecule has 0 aliphatic heterocycles. The maximum Gasteiger partial charge on any atom is 0.435 e. The second-order valence-corrected chi connectivity index (χ2v) is 5.23. The third kappa shape index (κ3) is 4.73. The van der Waals surface area contributed by atoms with Crippen LogP contribution in [0.4, 0.5) is 18.9 Å². The number of anilines is 1. The average Bonchev–Trinajstić information content (AvgIpc) is 2.94. The first-order valence-corrected chi connectivity index (χ1v) is 6.89. The van der Waals surface area contributed by atoms with Gasteiger partial charge in [-0.15, -0.1) is 0 Å². The molecule has 0 aliphatic carbocycles. The first-order chi connectivity index (χ1) is 10.8. The minimum Gasteiger partial charge on any atom is -0.378 e. The largest absolute Gasteiger partial charge is 0.435 e. The third-order valence-electron chi connectivity index (χ3n) is 3.18. The van der Waals surface area contributed by atoms with Crippen molar-refractivity contribution in [3.8, 4) is 0 Å². The SMILES string of the molecule is CN(C)c1ccc(CNC(=O)Cn2ccc(C(F)(F)F)n2)cc1. The first kappa shape index (κ1) is 16.9. The van der Waals surface area contributed by atoms with Crippen LogP contribution >= 0.6 is 0 Å². The Morgan fingerprint density at radius 3 is 2.39 bits per heavy atom. The fourth-order valence-corrected chi connectivity index (χ4v) is 1.92. The molecule has 1 heterocycles. The van der Waals surface area contributed by atoms with Gasteiger partial charge in [0.25, 0.3) is 0 Å². The zero-order valence-corrected chi connectivity index (χ0v) is 12.8. The molecule has 0 bridgehead atoms. The molecule has 8 heteroatoms. The molecule has 0 spiro atoms. The van der Waals surface area contributed by atoms with Crippen LogP contribution in [0.15, 0.2) is 36.5 Å². The zero-order chi connectivity index (χ0) is 17.0. The molecule has 1 aromatic carbocycles. The second-order valence-electron chi connectivity index (χ2n) is 5.23. The average molecular weight is 326 g/mol. The minimum absolute atomic E-state index is 0.258. The molecule has 1 aromatic heterocycles. The van der Waals surface area contributed by atoms with Gasteiger partial charge in [-0.2, -0.15) is 18.3 Å². The Morgan fingerprint density at radius 2 is 1.87 bits per heavy atom. The maximum atomic E-state index is 12.4. The Kier molecular flexibility index (Phi) is 4.92. The summed E-state index contributed by atoms with van der Waals surface area (Å²) in [5.74, 6) is -0.404. The van der Waals surface area contributed by atoms with Gasteiger partial charge in [-0.3, -0.25) is 9.48 Å². The predicted octanol–water partition coefficient (Wildman–Crippen LogP) is 2.28. The van der Waals surface area contributed by atoms with Crippen molar-refractivity contribution in [2.45, 2.75) is 19.3 Å². The number of nitrogens with one attached hydrogen (secondary N) is 1. The Hall–Kier alpha value is -2.51. The van der Waals surface area contributed by atoms with Crippen molar-refractivity contribution in [1.29, 1.82) is 0 Å². The molecule has 2 aromatic rings. The third-order valence-corrected chi connectivity index (χ3v) is 3.18. The van der Waals surface area contributed by atoms with Crippen molar-refractivity contribution in [3.63, 3.8) is 0 Å². The van der Waals surface area contributed by atoms with E-state index in [0.717, 1.165) is 28.2 Å².